The molecule has 2 unspecified atom stereocenters. The minimum atomic E-state index is -0.650. The van der Waals surface area contributed by atoms with Crippen LogP contribution in [0.15, 0.2) is 23.2 Å². The van der Waals surface area contributed by atoms with E-state index in [9.17, 15) is 9.59 Å². The zero-order chi connectivity index (χ0) is 22.2. The molecule has 1 aromatic carbocycles. The Labute approximate surface area is 186 Å². The first kappa shape index (κ1) is 22.0. The zero-order valence-electron chi connectivity index (χ0n) is 18.4. The first-order valence-electron chi connectivity index (χ1n) is 10.5. The van der Waals surface area contributed by atoms with E-state index in [1.165, 1.54) is 23.6 Å². The highest BCUT2D eigenvalue weighted by molar-refractivity contribution is 8.14. The first-order valence-corrected chi connectivity index (χ1v) is 11.5. The van der Waals surface area contributed by atoms with Crippen LogP contribution in [0.2, 0.25) is 0 Å². The van der Waals surface area contributed by atoms with Gasteiger partial charge in [0.25, 0.3) is 0 Å². The molecule has 31 heavy (non-hydrogen) atoms. The van der Waals surface area contributed by atoms with E-state index in [1.54, 1.807) is 14.2 Å². The van der Waals surface area contributed by atoms with Crippen LogP contribution < -0.4 is 9.47 Å². The molecule has 0 radical (unpaired) electrons. The molecule has 0 spiro atoms. The number of benzene rings is 1. The van der Waals surface area contributed by atoms with Gasteiger partial charge in [0.05, 0.1) is 20.3 Å². The molecular formula is C22H29N3O5S. The number of likely N-dealkylation sites (tertiary alicyclic amines) is 1. The van der Waals surface area contributed by atoms with Crippen molar-refractivity contribution in [2.24, 2.45) is 4.99 Å². The predicted molar refractivity (Wildman–Crippen MR) is 119 cm³/mol. The molecule has 3 atom stereocenters. The van der Waals surface area contributed by atoms with Gasteiger partial charge in [0.15, 0.2) is 16.7 Å². The highest BCUT2D eigenvalue weighted by Gasteiger charge is 2.45. The molecule has 4 rings (SSSR count). The molecule has 0 aliphatic carbocycles. The molecular weight excluding hydrogens is 418 g/mol. The Bertz CT molecular complexity index is 901. The van der Waals surface area contributed by atoms with Crippen molar-refractivity contribution >= 4 is 28.7 Å². The summed E-state index contributed by atoms with van der Waals surface area (Å²) in [5.74, 6) is 2.06. The Balaban J connectivity index is 1.52. The fourth-order valence-corrected chi connectivity index (χ4v) is 5.34. The van der Waals surface area contributed by atoms with Gasteiger partial charge < -0.3 is 19.1 Å². The van der Waals surface area contributed by atoms with Crippen LogP contribution in [0.25, 0.3) is 0 Å². The van der Waals surface area contributed by atoms with Gasteiger partial charge in [0.1, 0.15) is 11.8 Å². The molecule has 0 N–H and O–H groups in total. The van der Waals surface area contributed by atoms with Crippen molar-refractivity contribution in [1.29, 1.82) is 0 Å². The lowest BCUT2D eigenvalue weighted by atomic mass is 9.97. The third-order valence-electron chi connectivity index (χ3n) is 6.12. The SMILES string of the molecule is COc1ccc(C2CC(=O)N(C3(C)CSC(N(C)C(C)=O)=N3)C2)cc1O[C@@H]1CCOC1. The second kappa shape index (κ2) is 8.70. The molecule has 168 valence electrons. The Morgan fingerprint density at radius 2 is 2.19 bits per heavy atom. The van der Waals surface area contributed by atoms with Crippen LogP contribution in [-0.4, -0.2) is 78.2 Å². The number of hydrogen-bond donors (Lipinski definition) is 0. The first-order chi connectivity index (χ1) is 14.8. The van der Waals surface area contributed by atoms with E-state index < -0.39 is 5.66 Å². The van der Waals surface area contributed by atoms with Gasteiger partial charge >= 0.3 is 0 Å². The second-order valence-electron chi connectivity index (χ2n) is 8.40. The number of thioether (sulfide) groups is 1. The molecule has 2 fully saturated rings. The van der Waals surface area contributed by atoms with E-state index in [4.69, 9.17) is 19.2 Å². The van der Waals surface area contributed by atoms with Crippen LogP contribution in [0, 0.1) is 0 Å². The molecule has 9 heteroatoms. The van der Waals surface area contributed by atoms with Crippen molar-refractivity contribution in [2.45, 2.75) is 44.4 Å². The zero-order valence-corrected chi connectivity index (χ0v) is 19.2. The van der Waals surface area contributed by atoms with Gasteiger partial charge in [-0.3, -0.25) is 14.5 Å². The third kappa shape index (κ3) is 4.39. The molecule has 0 saturated carbocycles. The Kier molecular flexibility index (Phi) is 6.16. The average molecular weight is 448 g/mol. The van der Waals surface area contributed by atoms with Crippen molar-refractivity contribution in [2.75, 3.05) is 39.7 Å². The number of aliphatic imine (C=N–C) groups is 1. The van der Waals surface area contributed by atoms with Crippen molar-refractivity contribution in [3.8, 4) is 11.5 Å². The number of carbonyl (C=O) groups excluding carboxylic acids is 2. The standard InChI is InChI=1S/C22H29N3O5S/c1-14(26)24(3)21-23-22(2,13-31-21)25-11-16(10-20(25)27)15-5-6-18(28-4)19(9-15)30-17-7-8-29-12-17/h5-6,9,16-17H,7-8,10-13H2,1-4H3/t16?,17-,22?/m1/s1. The van der Waals surface area contributed by atoms with Crippen LogP contribution in [0.3, 0.4) is 0 Å². The van der Waals surface area contributed by atoms with E-state index in [1.807, 2.05) is 30.0 Å². The fraction of sp³-hybridized carbons (Fsp3) is 0.591. The van der Waals surface area contributed by atoms with Crippen molar-refractivity contribution in [3.05, 3.63) is 23.8 Å². The van der Waals surface area contributed by atoms with E-state index >= 15 is 0 Å². The van der Waals surface area contributed by atoms with Crippen molar-refractivity contribution < 1.29 is 23.8 Å². The van der Waals surface area contributed by atoms with Gasteiger partial charge in [-0.1, -0.05) is 17.8 Å². The quantitative estimate of drug-likeness (QED) is 0.690. The third-order valence-corrected chi connectivity index (χ3v) is 7.43. The van der Waals surface area contributed by atoms with Gasteiger partial charge in [-0.25, -0.2) is 4.99 Å². The van der Waals surface area contributed by atoms with Gasteiger partial charge in [-0.2, -0.15) is 0 Å². The average Bonchev–Trinajstić information content (AvgIpc) is 3.48. The van der Waals surface area contributed by atoms with Crippen molar-refractivity contribution in [3.63, 3.8) is 0 Å². The summed E-state index contributed by atoms with van der Waals surface area (Å²) in [5, 5.41) is 0.658. The van der Waals surface area contributed by atoms with Crippen LogP contribution >= 0.6 is 11.8 Å². The molecule has 0 bridgehead atoms. The van der Waals surface area contributed by atoms with Crippen LogP contribution in [0.4, 0.5) is 0 Å². The minimum Gasteiger partial charge on any atom is -0.493 e. The molecule has 3 heterocycles. The summed E-state index contributed by atoms with van der Waals surface area (Å²) in [6.45, 7) is 5.33. The molecule has 3 aliphatic rings. The lowest BCUT2D eigenvalue weighted by molar-refractivity contribution is -0.131. The smallest absolute Gasteiger partial charge is 0.225 e. The van der Waals surface area contributed by atoms with E-state index in [2.05, 4.69) is 0 Å². The maximum atomic E-state index is 12.9. The Morgan fingerprint density at radius 1 is 1.39 bits per heavy atom. The summed E-state index contributed by atoms with van der Waals surface area (Å²) in [6, 6.07) is 5.89. The number of amides is 2. The van der Waals surface area contributed by atoms with Crippen molar-refractivity contribution in [1.82, 2.24) is 9.80 Å². The van der Waals surface area contributed by atoms with E-state index in [0.29, 0.717) is 48.6 Å². The molecule has 2 amide bonds. The largest absolute Gasteiger partial charge is 0.493 e. The summed E-state index contributed by atoms with van der Waals surface area (Å²) in [6.07, 6.45) is 1.30. The summed E-state index contributed by atoms with van der Waals surface area (Å²) < 4.78 is 17.0. The van der Waals surface area contributed by atoms with Gasteiger partial charge in [-0.05, 0) is 24.6 Å². The van der Waals surface area contributed by atoms with Gasteiger partial charge in [-0.15, -0.1) is 0 Å². The number of hydrogen-bond acceptors (Lipinski definition) is 7. The summed E-state index contributed by atoms with van der Waals surface area (Å²) in [7, 11) is 3.34. The van der Waals surface area contributed by atoms with E-state index in [0.717, 1.165) is 12.0 Å². The summed E-state index contributed by atoms with van der Waals surface area (Å²) in [5.41, 5.74) is 0.396. The molecule has 2 saturated heterocycles. The number of rotatable bonds is 5. The highest BCUT2D eigenvalue weighted by atomic mass is 32.2. The maximum Gasteiger partial charge on any atom is 0.225 e. The molecule has 0 aromatic heterocycles. The monoisotopic (exact) mass is 447 g/mol. The maximum absolute atomic E-state index is 12.9. The van der Waals surface area contributed by atoms with Gasteiger partial charge in [0.2, 0.25) is 11.8 Å². The second-order valence-corrected chi connectivity index (χ2v) is 9.34. The predicted octanol–water partition coefficient (Wildman–Crippen LogP) is 2.48. The van der Waals surface area contributed by atoms with E-state index in [-0.39, 0.29) is 23.8 Å². The summed E-state index contributed by atoms with van der Waals surface area (Å²) >= 11 is 1.51. The highest BCUT2D eigenvalue weighted by Crippen LogP contribution is 2.41. The number of methoxy groups -OCH3 is 1. The van der Waals surface area contributed by atoms with Crippen LogP contribution in [0.1, 0.15) is 38.2 Å². The lowest BCUT2D eigenvalue weighted by Gasteiger charge is -2.32. The van der Waals surface area contributed by atoms with Gasteiger partial charge in [0, 0.05) is 45.0 Å². The minimum absolute atomic E-state index is 0.0197. The number of amidine groups is 1. The van der Waals surface area contributed by atoms with Crippen LogP contribution in [0.5, 0.6) is 11.5 Å². The lowest BCUT2D eigenvalue weighted by Crippen LogP contribution is -2.46. The summed E-state index contributed by atoms with van der Waals surface area (Å²) in [4.78, 5) is 32.8. The number of nitrogens with zero attached hydrogens (tertiary/aromatic N) is 3. The molecule has 3 aliphatic heterocycles. The number of carbonyl (C=O) groups is 2. The Morgan fingerprint density at radius 3 is 2.87 bits per heavy atom. The normalized spacial score (nSPS) is 28.1. The molecule has 8 nitrogen and oxygen atoms in total. The topological polar surface area (TPSA) is 80.7 Å². The Hall–Kier alpha value is -2.26. The fourth-order valence-electron chi connectivity index (χ4n) is 4.14. The molecule has 1 aromatic rings. The number of ether oxygens (including phenoxy) is 3. The van der Waals surface area contributed by atoms with Crippen LogP contribution in [-0.2, 0) is 14.3 Å².